The second-order valence-corrected chi connectivity index (χ2v) is 12.6. The number of piperidine rings is 1. The summed E-state index contributed by atoms with van der Waals surface area (Å²) in [6.07, 6.45) is 2.37. The van der Waals surface area contributed by atoms with Crippen molar-refractivity contribution in [2.75, 3.05) is 25.0 Å². The van der Waals surface area contributed by atoms with Gasteiger partial charge >= 0.3 is 0 Å². The van der Waals surface area contributed by atoms with E-state index in [4.69, 9.17) is 0 Å². The number of fused-ring (bicyclic) bond motifs is 1. The van der Waals surface area contributed by atoms with Crippen LogP contribution in [0.2, 0.25) is 0 Å². The first-order chi connectivity index (χ1) is 15.7. The maximum Gasteiger partial charge on any atom is 0.240 e. The third-order valence-corrected chi connectivity index (χ3v) is 9.10. The molecule has 1 atom stereocenters. The number of hydrogen-bond acceptors (Lipinski definition) is 5. The minimum Gasteiger partial charge on any atom is -0.325 e. The molecule has 2 aliphatic heterocycles. The molecule has 0 spiro atoms. The number of carbonyl (C=O) groups excluding carboxylic acids is 1. The molecular weight excluding hydrogens is 454 g/mol. The Morgan fingerprint density at radius 1 is 1.12 bits per heavy atom. The van der Waals surface area contributed by atoms with Crippen molar-refractivity contribution in [2.45, 2.75) is 61.6 Å². The van der Waals surface area contributed by atoms with Crippen molar-refractivity contribution >= 4 is 33.4 Å². The molecule has 8 heteroatoms. The van der Waals surface area contributed by atoms with E-state index in [2.05, 4.69) is 47.0 Å². The summed E-state index contributed by atoms with van der Waals surface area (Å²) >= 11 is 1.59. The summed E-state index contributed by atoms with van der Waals surface area (Å²) in [5.41, 5.74) is 4.56. The van der Waals surface area contributed by atoms with Crippen LogP contribution in [0.25, 0.3) is 0 Å². The SMILES string of the molecule is Cc1ccc(C)c(CN2CCC(CNS(=O)(=O)c3ccc4c(c3)NC(=O)C[C@H](C)S4)CC2)c1. The van der Waals surface area contributed by atoms with Crippen molar-refractivity contribution in [1.82, 2.24) is 9.62 Å². The van der Waals surface area contributed by atoms with Crippen LogP contribution in [0.3, 0.4) is 0 Å². The highest BCUT2D eigenvalue weighted by atomic mass is 32.2. The Morgan fingerprint density at radius 3 is 2.64 bits per heavy atom. The number of amides is 1. The lowest BCUT2D eigenvalue weighted by molar-refractivity contribution is -0.116. The molecular formula is C25H33N3O3S2. The number of aryl methyl sites for hydroxylation is 2. The Hall–Kier alpha value is -1.87. The van der Waals surface area contributed by atoms with Crippen molar-refractivity contribution in [1.29, 1.82) is 0 Å². The molecule has 1 amide bonds. The first-order valence-electron chi connectivity index (χ1n) is 11.6. The molecule has 2 N–H and O–H groups in total. The van der Waals surface area contributed by atoms with Crippen LogP contribution < -0.4 is 10.0 Å². The number of rotatable bonds is 6. The van der Waals surface area contributed by atoms with E-state index in [1.54, 1.807) is 30.0 Å². The van der Waals surface area contributed by atoms with Gasteiger partial charge in [-0.1, -0.05) is 30.7 Å². The normalized spacial score (nSPS) is 20.2. The average molecular weight is 488 g/mol. The molecule has 0 radical (unpaired) electrons. The van der Waals surface area contributed by atoms with Crippen LogP contribution >= 0.6 is 11.8 Å². The molecule has 2 aliphatic rings. The van der Waals surface area contributed by atoms with E-state index in [9.17, 15) is 13.2 Å². The third-order valence-electron chi connectivity index (χ3n) is 6.50. The van der Waals surface area contributed by atoms with Gasteiger partial charge in [-0.3, -0.25) is 9.69 Å². The van der Waals surface area contributed by atoms with Gasteiger partial charge < -0.3 is 5.32 Å². The highest BCUT2D eigenvalue weighted by molar-refractivity contribution is 8.00. The summed E-state index contributed by atoms with van der Waals surface area (Å²) in [7, 11) is -3.63. The van der Waals surface area contributed by atoms with Gasteiger partial charge in [-0.05, 0) is 75.0 Å². The zero-order chi connectivity index (χ0) is 23.6. The van der Waals surface area contributed by atoms with Crippen molar-refractivity contribution in [2.24, 2.45) is 5.92 Å². The van der Waals surface area contributed by atoms with Gasteiger partial charge in [0.1, 0.15) is 0 Å². The average Bonchev–Trinajstić information content (AvgIpc) is 2.91. The Kier molecular flexibility index (Phi) is 7.48. The minimum atomic E-state index is -3.63. The van der Waals surface area contributed by atoms with E-state index in [1.165, 1.54) is 16.7 Å². The number of benzene rings is 2. The molecule has 33 heavy (non-hydrogen) atoms. The van der Waals surface area contributed by atoms with Gasteiger partial charge in [0.05, 0.1) is 10.6 Å². The molecule has 1 fully saturated rings. The summed E-state index contributed by atoms with van der Waals surface area (Å²) in [6.45, 7) is 9.61. The lowest BCUT2D eigenvalue weighted by atomic mass is 9.96. The number of sulfonamides is 1. The van der Waals surface area contributed by atoms with E-state index in [0.29, 0.717) is 24.6 Å². The van der Waals surface area contributed by atoms with Gasteiger partial charge in [-0.25, -0.2) is 13.1 Å². The van der Waals surface area contributed by atoms with E-state index in [0.717, 1.165) is 37.4 Å². The topological polar surface area (TPSA) is 78.5 Å². The summed E-state index contributed by atoms with van der Waals surface area (Å²) in [6, 6.07) is 11.6. The van der Waals surface area contributed by atoms with Gasteiger partial charge in [0.15, 0.2) is 0 Å². The van der Waals surface area contributed by atoms with E-state index in [1.807, 2.05) is 6.92 Å². The lowest BCUT2D eigenvalue weighted by Crippen LogP contribution is -2.38. The van der Waals surface area contributed by atoms with Crippen molar-refractivity contribution in [3.63, 3.8) is 0 Å². The molecule has 4 rings (SSSR count). The van der Waals surface area contributed by atoms with Gasteiger partial charge in [0, 0.05) is 29.7 Å². The second kappa shape index (κ2) is 10.2. The van der Waals surface area contributed by atoms with Crippen LogP contribution in [-0.2, 0) is 21.4 Å². The molecule has 2 aromatic carbocycles. The molecule has 0 unspecified atom stereocenters. The van der Waals surface area contributed by atoms with E-state index >= 15 is 0 Å². The fraction of sp³-hybridized carbons (Fsp3) is 0.480. The Labute approximate surface area is 201 Å². The molecule has 2 heterocycles. The number of nitrogens with one attached hydrogen (secondary N) is 2. The fourth-order valence-corrected chi connectivity index (χ4v) is 6.66. The Bertz CT molecular complexity index is 1130. The zero-order valence-corrected chi connectivity index (χ0v) is 21.2. The number of anilines is 1. The molecule has 0 aliphatic carbocycles. The molecule has 6 nitrogen and oxygen atoms in total. The molecule has 0 saturated carbocycles. The number of likely N-dealkylation sites (tertiary alicyclic amines) is 1. The van der Waals surface area contributed by atoms with Crippen LogP contribution in [0.1, 0.15) is 42.9 Å². The zero-order valence-electron chi connectivity index (χ0n) is 19.6. The summed E-state index contributed by atoms with van der Waals surface area (Å²) in [5.74, 6) is 0.246. The van der Waals surface area contributed by atoms with E-state index in [-0.39, 0.29) is 16.1 Å². The summed E-state index contributed by atoms with van der Waals surface area (Å²) in [4.78, 5) is 15.6. The molecule has 0 bridgehead atoms. The highest BCUT2D eigenvalue weighted by Gasteiger charge is 2.24. The smallest absolute Gasteiger partial charge is 0.240 e. The predicted octanol–water partition coefficient (Wildman–Crippen LogP) is 4.32. The standard InChI is InChI=1S/C25H33N3O3S2/c1-17-4-5-18(2)21(12-17)16-28-10-8-20(9-11-28)15-26-33(30,31)22-6-7-24-23(14-22)27-25(29)13-19(3)32-24/h4-7,12,14,19-20,26H,8-11,13,15-16H2,1-3H3,(H,27,29)/t19-/m0/s1. The van der Waals surface area contributed by atoms with E-state index < -0.39 is 10.0 Å². The number of hydrogen-bond donors (Lipinski definition) is 2. The lowest BCUT2D eigenvalue weighted by Gasteiger charge is -2.32. The number of carbonyl (C=O) groups is 1. The summed E-state index contributed by atoms with van der Waals surface area (Å²) in [5, 5.41) is 3.01. The largest absolute Gasteiger partial charge is 0.325 e. The molecule has 178 valence electrons. The van der Waals surface area contributed by atoms with Crippen LogP contribution in [0.5, 0.6) is 0 Å². The second-order valence-electron chi connectivity index (χ2n) is 9.34. The van der Waals surface area contributed by atoms with Crippen molar-refractivity contribution in [3.8, 4) is 0 Å². The van der Waals surface area contributed by atoms with Crippen molar-refractivity contribution < 1.29 is 13.2 Å². The van der Waals surface area contributed by atoms with Crippen LogP contribution in [0.15, 0.2) is 46.2 Å². The van der Waals surface area contributed by atoms with Crippen LogP contribution in [0.4, 0.5) is 5.69 Å². The van der Waals surface area contributed by atoms with Crippen LogP contribution in [-0.4, -0.2) is 44.1 Å². The quantitative estimate of drug-likeness (QED) is 0.635. The summed E-state index contributed by atoms with van der Waals surface area (Å²) < 4.78 is 28.7. The van der Waals surface area contributed by atoms with Gasteiger partial charge in [-0.2, -0.15) is 0 Å². The predicted molar refractivity (Wildman–Crippen MR) is 134 cm³/mol. The highest BCUT2D eigenvalue weighted by Crippen LogP contribution is 2.36. The first-order valence-corrected chi connectivity index (χ1v) is 13.9. The molecule has 2 aromatic rings. The molecule has 0 aromatic heterocycles. The van der Waals surface area contributed by atoms with Gasteiger partial charge in [0.25, 0.3) is 0 Å². The maximum absolute atomic E-state index is 12.9. The van der Waals surface area contributed by atoms with Gasteiger partial charge in [-0.15, -0.1) is 11.8 Å². The third kappa shape index (κ3) is 6.18. The maximum atomic E-state index is 12.9. The monoisotopic (exact) mass is 487 g/mol. The van der Waals surface area contributed by atoms with Crippen LogP contribution in [0, 0.1) is 19.8 Å². The van der Waals surface area contributed by atoms with Crippen molar-refractivity contribution in [3.05, 3.63) is 53.1 Å². The first kappa shape index (κ1) is 24.3. The molecule has 1 saturated heterocycles. The Balaban J connectivity index is 1.32. The fourth-order valence-electron chi connectivity index (χ4n) is 4.47. The minimum absolute atomic E-state index is 0.0797. The number of thioether (sulfide) groups is 1. The van der Waals surface area contributed by atoms with Gasteiger partial charge in [0.2, 0.25) is 15.9 Å². The Morgan fingerprint density at radius 2 is 1.88 bits per heavy atom. The number of nitrogens with zero attached hydrogens (tertiary/aromatic N) is 1.